The lowest BCUT2D eigenvalue weighted by Gasteiger charge is -2.34. The van der Waals surface area contributed by atoms with Crippen LogP contribution in [0.5, 0.6) is 0 Å². The van der Waals surface area contributed by atoms with Crippen LogP contribution in [0.15, 0.2) is 24.3 Å². The highest BCUT2D eigenvalue weighted by Gasteiger charge is 2.28. The summed E-state index contributed by atoms with van der Waals surface area (Å²) in [7, 11) is 0. The number of amides is 1. The predicted molar refractivity (Wildman–Crippen MR) is 86.8 cm³/mol. The van der Waals surface area contributed by atoms with E-state index >= 15 is 0 Å². The van der Waals surface area contributed by atoms with Crippen LogP contribution in [0.3, 0.4) is 0 Å². The molecule has 2 heterocycles. The number of nitrogens with one attached hydrogen (secondary N) is 2. The molecule has 2 aliphatic rings. The fourth-order valence-corrected chi connectivity index (χ4v) is 3.31. The maximum absolute atomic E-state index is 12.0. The number of carbonyl (C=O) groups is 1. The molecule has 1 saturated heterocycles. The van der Waals surface area contributed by atoms with Crippen molar-refractivity contribution in [1.82, 2.24) is 15.3 Å². The number of anilines is 1. The van der Waals surface area contributed by atoms with E-state index in [0.717, 1.165) is 55.8 Å². The smallest absolute Gasteiger partial charge is 0.223 e. The number of aromatic nitrogens is 2. The molecule has 0 spiro atoms. The Morgan fingerprint density at radius 2 is 1.95 bits per heavy atom. The number of para-hydroxylation sites is 2. The predicted octanol–water partition coefficient (Wildman–Crippen LogP) is 2.45. The molecule has 5 nitrogen and oxygen atoms in total. The molecule has 2 fully saturated rings. The van der Waals surface area contributed by atoms with E-state index in [9.17, 15) is 4.79 Å². The molecule has 0 bridgehead atoms. The second kappa shape index (κ2) is 5.63. The zero-order valence-electron chi connectivity index (χ0n) is 12.7. The minimum absolute atomic E-state index is 0.272. The second-order valence-electron chi connectivity index (χ2n) is 6.48. The molecule has 1 aliphatic carbocycles. The lowest BCUT2D eigenvalue weighted by molar-refractivity contribution is -0.128. The van der Waals surface area contributed by atoms with Crippen molar-refractivity contribution in [3.8, 4) is 0 Å². The molecule has 1 aromatic heterocycles. The molecule has 1 amide bonds. The number of aromatic amines is 1. The van der Waals surface area contributed by atoms with Crippen LogP contribution in [0.1, 0.15) is 32.1 Å². The molecule has 116 valence electrons. The van der Waals surface area contributed by atoms with E-state index in [-0.39, 0.29) is 11.8 Å². The van der Waals surface area contributed by atoms with Crippen molar-refractivity contribution in [3.63, 3.8) is 0 Å². The number of hydrogen-bond acceptors (Lipinski definition) is 3. The number of rotatable bonds is 3. The van der Waals surface area contributed by atoms with Gasteiger partial charge in [-0.1, -0.05) is 18.6 Å². The quantitative estimate of drug-likeness (QED) is 0.915. The van der Waals surface area contributed by atoms with Crippen LogP contribution < -0.4 is 10.2 Å². The highest BCUT2D eigenvalue weighted by Crippen LogP contribution is 2.27. The van der Waals surface area contributed by atoms with Gasteiger partial charge in [-0.2, -0.15) is 0 Å². The number of nitrogens with zero attached hydrogens (tertiary/aromatic N) is 2. The van der Waals surface area contributed by atoms with Crippen LogP contribution in [0.4, 0.5) is 5.95 Å². The van der Waals surface area contributed by atoms with Crippen LogP contribution in [0.25, 0.3) is 11.0 Å². The summed E-state index contributed by atoms with van der Waals surface area (Å²) in [6.07, 6.45) is 5.35. The molecule has 1 saturated carbocycles. The normalized spacial score (nSPS) is 20.1. The third-order valence-electron chi connectivity index (χ3n) is 4.99. The van der Waals surface area contributed by atoms with E-state index in [1.165, 1.54) is 6.42 Å². The number of carbonyl (C=O) groups excluding carboxylic acids is 1. The highest BCUT2D eigenvalue weighted by atomic mass is 16.2. The molecular weight excluding hydrogens is 276 g/mol. The van der Waals surface area contributed by atoms with Crippen molar-refractivity contribution in [2.75, 3.05) is 18.0 Å². The van der Waals surface area contributed by atoms with E-state index in [0.29, 0.717) is 6.04 Å². The molecular formula is C17H22N4O. The Hall–Kier alpha value is -2.04. The van der Waals surface area contributed by atoms with Crippen molar-refractivity contribution in [1.29, 1.82) is 0 Å². The average Bonchev–Trinajstić information content (AvgIpc) is 2.90. The van der Waals surface area contributed by atoms with Crippen molar-refractivity contribution >= 4 is 22.9 Å². The highest BCUT2D eigenvalue weighted by molar-refractivity contribution is 5.80. The monoisotopic (exact) mass is 298 g/mol. The lowest BCUT2D eigenvalue weighted by Crippen LogP contribution is -2.47. The zero-order valence-corrected chi connectivity index (χ0v) is 12.7. The fourth-order valence-electron chi connectivity index (χ4n) is 3.31. The van der Waals surface area contributed by atoms with Gasteiger partial charge in [-0.3, -0.25) is 4.79 Å². The zero-order chi connectivity index (χ0) is 14.9. The maximum Gasteiger partial charge on any atom is 0.223 e. The van der Waals surface area contributed by atoms with Gasteiger partial charge < -0.3 is 15.2 Å². The minimum Gasteiger partial charge on any atom is -0.353 e. The summed E-state index contributed by atoms with van der Waals surface area (Å²) in [5.74, 6) is 1.51. The summed E-state index contributed by atoms with van der Waals surface area (Å²) in [5.41, 5.74) is 2.09. The van der Waals surface area contributed by atoms with E-state index in [1.807, 2.05) is 18.2 Å². The largest absolute Gasteiger partial charge is 0.353 e. The van der Waals surface area contributed by atoms with Gasteiger partial charge in [0, 0.05) is 25.0 Å². The Labute approximate surface area is 130 Å². The van der Waals surface area contributed by atoms with Crippen LogP contribution in [-0.4, -0.2) is 35.0 Å². The summed E-state index contributed by atoms with van der Waals surface area (Å²) in [4.78, 5) is 22.3. The van der Waals surface area contributed by atoms with Gasteiger partial charge in [-0.15, -0.1) is 0 Å². The number of hydrogen-bond donors (Lipinski definition) is 2. The maximum atomic E-state index is 12.0. The van der Waals surface area contributed by atoms with Crippen molar-refractivity contribution < 1.29 is 4.79 Å². The third-order valence-corrected chi connectivity index (χ3v) is 4.99. The first kappa shape index (κ1) is 13.6. The van der Waals surface area contributed by atoms with Gasteiger partial charge >= 0.3 is 0 Å². The number of imidazole rings is 1. The van der Waals surface area contributed by atoms with E-state index in [4.69, 9.17) is 0 Å². The second-order valence-corrected chi connectivity index (χ2v) is 6.48. The van der Waals surface area contributed by atoms with Gasteiger partial charge in [0.25, 0.3) is 0 Å². The first-order valence-electron chi connectivity index (χ1n) is 8.30. The first-order chi connectivity index (χ1) is 10.8. The van der Waals surface area contributed by atoms with Crippen LogP contribution in [0.2, 0.25) is 0 Å². The third kappa shape index (κ3) is 2.56. The Kier molecular flexibility index (Phi) is 3.48. The van der Waals surface area contributed by atoms with E-state index in [2.05, 4.69) is 26.3 Å². The molecule has 0 unspecified atom stereocenters. The number of benzene rings is 1. The summed E-state index contributed by atoms with van der Waals surface area (Å²) in [6.45, 7) is 1.88. The Balaban J connectivity index is 1.35. The Morgan fingerprint density at radius 3 is 2.64 bits per heavy atom. The summed E-state index contributed by atoms with van der Waals surface area (Å²) < 4.78 is 0. The standard InChI is InChI=1S/C17H22N4O/c22-16(12-4-3-5-12)18-13-8-10-21(11-9-13)17-19-14-6-1-2-7-15(14)20-17/h1-2,6-7,12-13H,3-5,8-11H2,(H,18,22)(H,19,20). The van der Waals surface area contributed by atoms with Crippen molar-refractivity contribution in [2.24, 2.45) is 5.92 Å². The Morgan fingerprint density at radius 1 is 1.18 bits per heavy atom. The molecule has 4 rings (SSSR count). The van der Waals surface area contributed by atoms with E-state index in [1.54, 1.807) is 0 Å². The first-order valence-corrected chi connectivity index (χ1v) is 8.30. The van der Waals surface area contributed by atoms with Gasteiger partial charge in [-0.25, -0.2) is 4.98 Å². The molecule has 2 N–H and O–H groups in total. The van der Waals surface area contributed by atoms with Crippen LogP contribution >= 0.6 is 0 Å². The lowest BCUT2D eigenvalue weighted by atomic mass is 9.84. The van der Waals surface area contributed by atoms with Gasteiger partial charge in [0.2, 0.25) is 11.9 Å². The molecule has 22 heavy (non-hydrogen) atoms. The Bertz CT molecular complexity index is 635. The van der Waals surface area contributed by atoms with Gasteiger partial charge in [0.15, 0.2) is 0 Å². The van der Waals surface area contributed by atoms with Crippen LogP contribution in [-0.2, 0) is 4.79 Å². The van der Waals surface area contributed by atoms with Crippen molar-refractivity contribution in [2.45, 2.75) is 38.1 Å². The molecule has 1 aromatic carbocycles. The molecule has 0 radical (unpaired) electrons. The summed E-state index contributed by atoms with van der Waals surface area (Å²) in [5, 5.41) is 3.22. The van der Waals surface area contributed by atoms with Gasteiger partial charge in [0.1, 0.15) is 0 Å². The number of piperidine rings is 1. The molecule has 1 aliphatic heterocycles. The minimum atomic E-state index is 0.272. The molecule has 0 atom stereocenters. The molecule has 2 aromatic rings. The van der Waals surface area contributed by atoms with Crippen LogP contribution in [0, 0.1) is 5.92 Å². The topological polar surface area (TPSA) is 61.0 Å². The molecule has 5 heteroatoms. The summed E-state index contributed by atoms with van der Waals surface area (Å²) >= 11 is 0. The van der Waals surface area contributed by atoms with Gasteiger partial charge in [-0.05, 0) is 37.8 Å². The van der Waals surface area contributed by atoms with E-state index < -0.39 is 0 Å². The summed E-state index contributed by atoms with van der Waals surface area (Å²) in [6, 6.07) is 8.44. The SMILES string of the molecule is O=C(NC1CCN(c2nc3ccccc3[nH]2)CC1)C1CCC1. The average molecular weight is 298 g/mol. The fraction of sp³-hybridized carbons (Fsp3) is 0.529. The number of H-pyrrole nitrogens is 1. The van der Waals surface area contributed by atoms with Crippen molar-refractivity contribution in [3.05, 3.63) is 24.3 Å². The van der Waals surface area contributed by atoms with Gasteiger partial charge in [0.05, 0.1) is 11.0 Å². The number of fused-ring (bicyclic) bond motifs is 1.